The smallest absolute Gasteiger partial charge is 0.271 e. The van der Waals surface area contributed by atoms with Crippen LogP contribution in [0.25, 0.3) is 10.1 Å². The predicted octanol–water partition coefficient (Wildman–Crippen LogP) is 5.59. The third-order valence-corrected chi connectivity index (χ3v) is 6.61. The first kappa shape index (κ1) is 23.3. The molecule has 0 aliphatic rings. The number of thiophene rings is 1. The molecule has 0 unspecified atom stereocenters. The van der Waals surface area contributed by atoms with Crippen LogP contribution in [0.4, 0.5) is 5.69 Å². The van der Waals surface area contributed by atoms with E-state index in [1.165, 1.54) is 17.6 Å². The van der Waals surface area contributed by atoms with E-state index < -0.39 is 0 Å². The number of ether oxygens (including phenoxy) is 2. The molecule has 2 amide bonds. The van der Waals surface area contributed by atoms with Crippen molar-refractivity contribution in [2.24, 2.45) is 5.10 Å². The van der Waals surface area contributed by atoms with Gasteiger partial charge in [-0.15, -0.1) is 11.3 Å². The first-order valence-corrected chi connectivity index (χ1v) is 11.3. The summed E-state index contributed by atoms with van der Waals surface area (Å²) in [6.45, 7) is 0. The van der Waals surface area contributed by atoms with Crippen LogP contribution in [0, 0.1) is 0 Å². The lowest BCUT2D eigenvalue weighted by Gasteiger charge is -2.07. The number of methoxy groups -OCH3 is 2. The number of hydrogen-bond acceptors (Lipinski definition) is 6. The number of hydrogen-bond donors (Lipinski definition) is 2. The Labute approximate surface area is 205 Å². The summed E-state index contributed by atoms with van der Waals surface area (Å²) in [5.41, 5.74) is 4.15. The highest BCUT2D eigenvalue weighted by atomic mass is 35.5. The quantitative estimate of drug-likeness (QED) is 0.259. The summed E-state index contributed by atoms with van der Waals surface area (Å²) in [6, 6.07) is 19.4. The molecule has 0 radical (unpaired) electrons. The van der Waals surface area contributed by atoms with E-state index in [0.717, 1.165) is 15.6 Å². The molecular formula is C25H20ClN3O4S. The first-order valence-electron chi connectivity index (χ1n) is 10.1. The van der Waals surface area contributed by atoms with Crippen LogP contribution in [-0.4, -0.2) is 32.2 Å². The maximum atomic E-state index is 12.7. The van der Waals surface area contributed by atoms with Gasteiger partial charge in [0.2, 0.25) is 0 Å². The summed E-state index contributed by atoms with van der Waals surface area (Å²) >= 11 is 7.71. The lowest BCUT2D eigenvalue weighted by atomic mass is 10.2. The SMILES string of the molecule is COc1ccc(/C=N\NC(=O)c2ccc(NC(=O)c3sc4ccccc4c3Cl)cc2)cc1OC. The standard InChI is InChI=1S/C25H20ClN3O4S/c1-32-19-12-7-15(13-20(19)33-2)14-27-29-24(30)16-8-10-17(11-9-16)28-25(31)23-22(26)18-5-3-4-6-21(18)34-23/h3-14H,1-2H3,(H,28,31)(H,29,30)/b27-14-. The number of nitrogens with one attached hydrogen (secondary N) is 2. The van der Waals surface area contributed by atoms with E-state index >= 15 is 0 Å². The Kier molecular flexibility index (Phi) is 7.10. The monoisotopic (exact) mass is 493 g/mol. The molecule has 0 fully saturated rings. The molecule has 172 valence electrons. The number of anilines is 1. The zero-order valence-electron chi connectivity index (χ0n) is 18.3. The Balaban J connectivity index is 1.38. The van der Waals surface area contributed by atoms with Crippen molar-refractivity contribution in [2.75, 3.05) is 19.5 Å². The summed E-state index contributed by atoms with van der Waals surface area (Å²) in [5.74, 6) is 0.475. The highest BCUT2D eigenvalue weighted by Gasteiger charge is 2.17. The van der Waals surface area contributed by atoms with Gasteiger partial charge in [-0.1, -0.05) is 29.8 Å². The second kappa shape index (κ2) is 10.4. The summed E-state index contributed by atoms with van der Waals surface area (Å²) in [7, 11) is 3.10. The number of hydrazone groups is 1. The van der Waals surface area contributed by atoms with Gasteiger partial charge in [0.1, 0.15) is 4.88 Å². The molecule has 0 aliphatic heterocycles. The summed E-state index contributed by atoms with van der Waals surface area (Å²) in [4.78, 5) is 25.5. The second-order valence-electron chi connectivity index (χ2n) is 7.09. The number of nitrogens with zero attached hydrogens (tertiary/aromatic N) is 1. The van der Waals surface area contributed by atoms with E-state index in [1.54, 1.807) is 56.7 Å². The molecule has 1 heterocycles. The average molecular weight is 494 g/mol. The van der Waals surface area contributed by atoms with Gasteiger partial charge < -0.3 is 14.8 Å². The van der Waals surface area contributed by atoms with Crippen molar-refractivity contribution in [1.82, 2.24) is 5.43 Å². The molecule has 4 rings (SSSR count). The van der Waals surface area contributed by atoms with Crippen LogP contribution >= 0.6 is 22.9 Å². The van der Waals surface area contributed by atoms with Crippen LogP contribution < -0.4 is 20.2 Å². The van der Waals surface area contributed by atoms with E-state index in [4.69, 9.17) is 21.1 Å². The van der Waals surface area contributed by atoms with Gasteiger partial charge >= 0.3 is 0 Å². The van der Waals surface area contributed by atoms with Crippen molar-refractivity contribution in [3.63, 3.8) is 0 Å². The molecule has 0 saturated carbocycles. The molecule has 1 aromatic heterocycles. The van der Waals surface area contributed by atoms with Crippen molar-refractivity contribution in [2.45, 2.75) is 0 Å². The van der Waals surface area contributed by atoms with Crippen LogP contribution in [-0.2, 0) is 0 Å². The lowest BCUT2D eigenvalue weighted by Crippen LogP contribution is -2.17. The van der Waals surface area contributed by atoms with Gasteiger partial charge in [-0.05, 0) is 54.1 Å². The van der Waals surface area contributed by atoms with Gasteiger partial charge in [-0.3, -0.25) is 9.59 Å². The summed E-state index contributed by atoms with van der Waals surface area (Å²) in [5, 5.41) is 8.08. The normalized spacial score (nSPS) is 10.9. The molecule has 2 N–H and O–H groups in total. The molecule has 0 bridgehead atoms. The Morgan fingerprint density at radius 3 is 2.38 bits per heavy atom. The van der Waals surface area contributed by atoms with Gasteiger partial charge in [0.05, 0.1) is 25.5 Å². The van der Waals surface area contributed by atoms with E-state index in [2.05, 4.69) is 15.8 Å². The maximum Gasteiger partial charge on any atom is 0.271 e. The summed E-state index contributed by atoms with van der Waals surface area (Å²) in [6.07, 6.45) is 1.50. The van der Waals surface area contributed by atoms with Gasteiger partial charge in [0.25, 0.3) is 11.8 Å². The van der Waals surface area contributed by atoms with Crippen LogP contribution in [0.2, 0.25) is 5.02 Å². The lowest BCUT2D eigenvalue weighted by molar-refractivity contribution is 0.0954. The Morgan fingerprint density at radius 1 is 0.941 bits per heavy atom. The molecule has 3 aromatic carbocycles. The van der Waals surface area contributed by atoms with Gasteiger partial charge in [0, 0.05) is 21.3 Å². The van der Waals surface area contributed by atoms with Gasteiger partial charge in [-0.2, -0.15) is 5.10 Å². The van der Waals surface area contributed by atoms with E-state index in [0.29, 0.717) is 32.6 Å². The summed E-state index contributed by atoms with van der Waals surface area (Å²) < 4.78 is 11.4. The van der Waals surface area contributed by atoms with Crippen LogP contribution in [0.5, 0.6) is 11.5 Å². The molecule has 7 nitrogen and oxygen atoms in total. The minimum absolute atomic E-state index is 0.303. The van der Waals surface area contributed by atoms with E-state index in [9.17, 15) is 9.59 Å². The highest BCUT2D eigenvalue weighted by molar-refractivity contribution is 7.21. The minimum Gasteiger partial charge on any atom is -0.493 e. The van der Waals surface area contributed by atoms with Crippen molar-refractivity contribution < 1.29 is 19.1 Å². The zero-order valence-corrected chi connectivity index (χ0v) is 19.9. The van der Waals surface area contributed by atoms with Crippen molar-refractivity contribution in [1.29, 1.82) is 0 Å². The first-order chi connectivity index (χ1) is 16.5. The number of carbonyl (C=O) groups is 2. The third-order valence-electron chi connectivity index (χ3n) is 4.93. The number of amides is 2. The van der Waals surface area contributed by atoms with Crippen molar-refractivity contribution >= 4 is 56.7 Å². The average Bonchev–Trinajstić information content (AvgIpc) is 3.21. The molecule has 9 heteroatoms. The molecule has 4 aromatic rings. The molecule has 0 saturated heterocycles. The number of carbonyl (C=O) groups excluding carboxylic acids is 2. The number of benzene rings is 3. The fourth-order valence-corrected chi connectivity index (χ4v) is 4.63. The molecule has 34 heavy (non-hydrogen) atoms. The molecule has 0 spiro atoms. The zero-order chi connectivity index (χ0) is 24.1. The molecule has 0 aliphatic carbocycles. The van der Waals surface area contributed by atoms with Crippen LogP contribution in [0.15, 0.2) is 71.8 Å². The van der Waals surface area contributed by atoms with Gasteiger partial charge in [-0.25, -0.2) is 5.43 Å². The number of fused-ring (bicyclic) bond motifs is 1. The molecular weight excluding hydrogens is 474 g/mol. The van der Waals surface area contributed by atoms with Crippen molar-refractivity contribution in [3.8, 4) is 11.5 Å². The Bertz CT molecular complexity index is 1380. The number of rotatable bonds is 7. The fourth-order valence-electron chi connectivity index (χ4n) is 3.22. The highest BCUT2D eigenvalue weighted by Crippen LogP contribution is 2.35. The minimum atomic E-state index is -0.387. The predicted molar refractivity (Wildman–Crippen MR) is 136 cm³/mol. The van der Waals surface area contributed by atoms with Crippen molar-refractivity contribution in [3.05, 3.63) is 87.8 Å². The molecule has 0 atom stereocenters. The van der Waals surface area contributed by atoms with E-state index in [-0.39, 0.29) is 11.8 Å². The Hall–Kier alpha value is -3.88. The third kappa shape index (κ3) is 5.03. The largest absolute Gasteiger partial charge is 0.493 e. The van der Waals surface area contributed by atoms with E-state index in [1.807, 2.05) is 24.3 Å². The second-order valence-corrected chi connectivity index (χ2v) is 8.52. The maximum absolute atomic E-state index is 12.7. The van der Waals surface area contributed by atoms with Crippen LogP contribution in [0.1, 0.15) is 25.6 Å². The Morgan fingerprint density at radius 2 is 1.68 bits per heavy atom. The van der Waals surface area contributed by atoms with Crippen LogP contribution in [0.3, 0.4) is 0 Å². The fraction of sp³-hybridized carbons (Fsp3) is 0.0800. The van der Waals surface area contributed by atoms with Gasteiger partial charge in [0.15, 0.2) is 11.5 Å². The number of halogens is 1. The topological polar surface area (TPSA) is 89.0 Å².